The van der Waals surface area contributed by atoms with Crippen molar-refractivity contribution in [2.45, 2.75) is 46.2 Å². The van der Waals surface area contributed by atoms with E-state index in [4.69, 9.17) is 4.74 Å². The number of nitrogens with zero attached hydrogens (tertiary/aromatic N) is 3. The van der Waals surface area contributed by atoms with Gasteiger partial charge in [-0.3, -0.25) is 14.8 Å². The van der Waals surface area contributed by atoms with Crippen molar-refractivity contribution >= 4 is 11.6 Å². The first kappa shape index (κ1) is 16.7. The average Bonchev–Trinajstić information content (AvgIpc) is 3.30. The normalized spacial score (nSPS) is 15.9. The van der Waals surface area contributed by atoms with Crippen LogP contribution in [0.15, 0.2) is 10.9 Å². The molecule has 0 radical (unpaired) electrons. The third-order valence-electron chi connectivity index (χ3n) is 4.74. The van der Waals surface area contributed by atoms with Crippen molar-refractivity contribution in [3.8, 4) is 0 Å². The first-order valence-electron chi connectivity index (χ1n) is 8.41. The Hall–Kier alpha value is -2.15. The molecule has 0 saturated heterocycles. The lowest BCUT2D eigenvalue weighted by molar-refractivity contribution is 0.0527. The quantitative estimate of drug-likeness (QED) is 0.815. The van der Waals surface area contributed by atoms with Gasteiger partial charge in [0, 0.05) is 24.3 Å². The number of rotatable bonds is 6. The highest BCUT2D eigenvalue weighted by Gasteiger charge is 2.30. The van der Waals surface area contributed by atoms with Gasteiger partial charge in [-0.2, -0.15) is 0 Å². The Kier molecular flexibility index (Phi) is 4.45. The van der Waals surface area contributed by atoms with Crippen LogP contribution in [0.3, 0.4) is 0 Å². The largest absolute Gasteiger partial charge is 0.462 e. The molecule has 0 unspecified atom stereocenters. The molecule has 2 aromatic rings. The van der Waals surface area contributed by atoms with Gasteiger partial charge in [-0.05, 0) is 46.6 Å². The van der Waals surface area contributed by atoms with Crippen molar-refractivity contribution in [2.24, 2.45) is 5.92 Å². The molecule has 0 aliphatic heterocycles. The fourth-order valence-electron chi connectivity index (χ4n) is 3.06. The molecular weight excluding hydrogens is 308 g/mol. The highest BCUT2D eigenvalue weighted by molar-refractivity contribution is 5.97. The minimum atomic E-state index is -0.461. The lowest BCUT2D eigenvalue weighted by Crippen LogP contribution is -2.31. The molecule has 1 fully saturated rings. The van der Waals surface area contributed by atoms with Crippen LogP contribution in [0.4, 0.5) is 0 Å². The van der Waals surface area contributed by atoms with Gasteiger partial charge in [0.25, 0.3) is 5.56 Å². The van der Waals surface area contributed by atoms with Crippen molar-refractivity contribution < 1.29 is 9.53 Å². The van der Waals surface area contributed by atoms with E-state index >= 15 is 0 Å². The van der Waals surface area contributed by atoms with Crippen LogP contribution in [-0.2, 0) is 11.3 Å². The number of nitrogens with one attached hydrogen (secondary N) is 1. The molecule has 0 aromatic carbocycles. The number of carbonyl (C=O) groups is 1. The van der Waals surface area contributed by atoms with Gasteiger partial charge in [0.2, 0.25) is 0 Å². The molecule has 130 valence electrons. The number of fused-ring (bicyclic) bond motifs is 1. The average molecular weight is 332 g/mol. The number of carbonyl (C=O) groups excluding carboxylic acids is 1. The van der Waals surface area contributed by atoms with E-state index in [1.165, 1.54) is 23.4 Å². The Labute approximate surface area is 140 Å². The number of ether oxygens (including phenoxy) is 1. The minimum Gasteiger partial charge on any atom is -0.462 e. The number of aromatic amines is 1. The summed E-state index contributed by atoms with van der Waals surface area (Å²) in [6.07, 6.45) is 2.54. The van der Waals surface area contributed by atoms with E-state index in [0.29, 0.717) is 35.2 Å². The summed E-state index contributed by atoms with van der Waals surface area (Å²) in [6, 6.07) is 1.98. The van der Waals surface area contributed by atoms with Crippen molar-refractivity contribution in [3.63, 3.8) is 0 Å². The summed E-state index contributed by atoms with van der Waals surface area (Å²) >= 11 is 0. The molecule has 3 rings (SSSR count). The molecule has 7 nitrogen and oxygen atoms in total. The summed E-state index contributed by atoms with van der Waals surface area (Å²) in [6.45, 7) is 6.55. The van der Waals surface area contributed by atoms with Crippen LogP contribution in [-0.4, -0.2) is 45.2 Å². The lowest BCUT2D eigenvalue weighted by atomic mass is 10.2. The molecule has 0 amide bonds. The summed E-state index contributed by atoms with van der Waals surface area (Å²) in [4.78, 5) is 31.3. The molecule has 1 N–H and O–H groups in total. The SMILES string of the molecule is CCOC(=O)c1c(C)[nH]n2c(=O)cc(CN(C)[C@@H](C)C3CC3)nc12. The first-order chi connectivity index (χ1) is 11.4. The predicted molar refractivity (Wildman–Crippen MR) is 90.2 cm³/mol. The van der Waals surface area contributed by atoms with Crippen LogP contribution >= 0.6 is 0 Å². The maximum absolute atomic E-state index is 12.4. The second-order valence-electron chi connectivity index (χ2n) is 6.57. The van der Waals surface area contributed by atoms with Gasteiger partial charge in [-0.1, -0.05) is 0 Å². The second kappa shape index (κ2) is 6.39. The number of esters is 1. The minimum absolute atomic E-state index is 0.221. The van der Waals surface area contributed by atoms with Gasteiger partial charge in [-0.15, -0.1) is 0 Å². The van der Waals surface area contributed by atoms with Crippen LogP contribution in [0.25, 0.3) is 5.65 Å². The van der Waals surface area contributed by atoms with Crippen molar-refractivity contribution in [2.75, 3.05) is 13.7 Å². The molecule has 24 heavy (non-hydrogen) atoms. The van der Waals surface area contributed by atoms with Crippen LogP contribution in [0, 0.1) is 12.8 Å². The van der Waals surface area contributed by atoms with E-state index < -0.39 is 5.97 Å². The second-order valence-corrected chi connectivity index (χ2v) is 6.57. The van der Waals surface area contributed by atoms with Gasteiger partial charge in [0.15, 0.2) is 5.65 Å². The summed E-state index contributed by atoms with van der Waals surface area (Å²) in [5.41, 5.74) is 1.69. The molecule has 2 aromatic heterocycles. The van der Waals surface area contributed by atoms with E-state index in [1.54, 1.807) is 13.8 Å². The maximum atomic E-state index is 12.4. The van der Waals surface area contributed by atoms with Gasteiger partial charge < -0.3 is 4.74 Å². The zero-order valence-electron chi connectivity index (χ0n) is 14.6. The van der Waals surface area contributed by atoms with Crippen LogP contribution in [0.5, 0.6) is 0 Å². The zero-order valence-corrected chi connectivity index (χ0v) is 14.6. The maximum Gasteiger partial charge on any atom is 0.343 e. The monoisotopic (exact) mass is 332 g/mol. The Morgan fingerprint density at radius 2 is 2.25 bits per heavy atom. The number of aromatic nitrogens is 3. The topological polar surface area (TPSA) is 79.7 Å². The summed E-state index contributed by atoms with van der Waals surface area (Å²) < 4.78 is 6.39. The first-order valence-corrected chi connectivity index (χ1v) is 8.41. The van der Waals surface area contributed by atoms with Crippen molar-refractivity contribution in [1.29, 1.82) is 0 Å². The Bertz CT molecular complexity index is 819. The third kappa shape index (κ3) is 3.08. The Morgan fingerprint density at radius 1 is 1.54 bits per heavy atom. The number of aryl methyl sites for hydroxylation is 1. The van der Waals surface area contributed by atoms with Crippen LogP contribution < -0.4 is 5.56 Å². The number of hydrogen-bond acceptors (Lipinski definition) is 5. The van der Waals surface area contributed by atoms with Crippen molar-refractivity contribution in [1.82, 2.24) is 19.5 Å². The molecule has 1 aliphatic carbocycles. The number of hydrogen-bond donors (Lipinski definition) is 1. The smallest absolute Gasteiger partial charge is 0.343 e. The lowest BCUT2D eigenvalue weighted by Gasteiger charge is -2.24. The van der Waals surface area contributed by atoms with E-state index in [2.05, 4.69) is 21.9 Å². The van der Waals surface area contributed by atoms with Gasteiger partial charge in [0.05, 0.1) is 12.3 Å². The summed E-state index contributed by atoms with van der Waals surface area (Å²) in [7, 11) is 2.04. The molecule has 0 spiro atoms. The highest BCUT2D eigenvalue weighted by atomic mass is 16.5. The molecule has 1 atom stereocenters. The molecule has 2 heterocycles. The fraction of sp³-hybridized carbons (Fsp3) is 0.588. The molecular formula is C17H24N4O3. The van der Waals surface area contributed by atoms with Crippen LogP contribution in [0.1, 0.15) is 48.4 Å². The van der Waals surface area contributed by atoms with Gasteiger partial charge >= 0.3 is 5.97 Å². The van der Waals surface area contributed by atoms with E-state index in [-0.39, 0.29) is 12.2 Å². The highest BCUT2D eigenvalue weighted by Crippen LogP contribution is 2.34. The van der Waals surface area contributed by atoms with Crippen LogP contribution in [0.2, 0.25) is 0 Å². The molecule has 0 bridgehead atoms. The fourth-order valence-corrected chi connectivity index (χ4v) is 3.06. The summed E-state index contributed by atoms with van der Waals surface area (Å²) in [5, 5.41) is 2.89. The molecule has 1 aliphatic rings. The van der Waals surface area contributed by atoms with Crippen molar-refractivity contribution in [3.05, 3.63) is 33.4 Å². The third-order valence-corrected chi connectivity index (χ3v) is 4.74. The van der Waals surface area contributed by atoms with Gasteiger partial charge in [-0.25, -0.2) is 14.3 Å². The van der Waals surface area contributed by atoms with E-state index in [9.17, 15) is 9.59 Å². The Balaban J connectivity index is 1.96. The predicted octanol–water partition coefficient (Wildman–Crippen LogP) is 1.74. The standard InChI is InChI=1S/C17H24N4O3/c1-5-24-17(23)15-10(2)19-21-14(22)8-13(18-16(15)21)9-20(4)11(3)12-6-7-12/h8,11-12,19H,5-7,9H2,1-4H3/t11-/m0/s1. The summed E-state index contributed by atoms with van der Waals surface area (Å²) in [5.74, 6) is 0.280. The van der Waals surface area contributed by atoms with E-state index in [1.807, 2.05) is 7.05 Å². The molecule has 7 heteroatoms. The van der Waals surface area contributed by atoms with E-state index in [0.717, 1.165) is 5.92 Å². The molecule has 1 saturated carbocycles. The Morgan fingerprint density at radius 3 is 2.88 bits per heavy atom. The zero-order chi connectivity index (χ0) is 17.4. The number of H-pyrrole nitrogens is 1. The van der Waals surface area contributed by atoms with Gasteiger partial charge in [0.1, 0.15) is 5.56 Å².